The number of carbonyl (C=O) groups is 1. The molecule has 8 nitrogen and oxygen atoms in total. The third-order valence-corrected chi connectivity index (χ3v) is 7.12. The highest BCUT2D eigenvalue weighted by Gasteiger charge is 2.19. The van der Waals surface area contributed by atoms with E-state index in [4.69, 9.17) is 15.3 Å². The molecule has 33 heavy (non-hydrogen) atoms. The Hall–Kier alpha value is -3.50. The van der Waals surface area contributed by atoms with E-state index in [2.05, 4.69) is 10.3 Å². The molecule has 0 spiro atoms. The Balaban J connectivity index is 1.30. The number of nitrogens with one attached hydrogen (secondary N) is 1. The minimum atomic E-state index is -0.336. The first kappa shape index (κ1) is 21.4. The number of thiophene rings is 1. The van der Waals surface area contributed by atoms with Crippen molar-refractivity contribution in [3.8, 4) is 22.6 Å². The molecule has 4 aromatic rings. The molecule has 1 aliphatic heterocycles. The number of amides is 1. The average Bonchev–Trinajstić information content (AvgIpc) is 3.47. The number of nitrogen functional groups attached to an aromatic ring is 1. The van der Waals surface area contributed by atoms with Crippen LogP contribution in [0.25, 0.3) is 21.3 Å². The van der Waals surface area contributed by atoms with Crippen LogP contribution in [0, 0.1) is 0 Å². The van der Waals surface area contributed by atoms with Gasteiger partial charge in [0.25, 0.3) is 5.56 Å². The monoisotopic (exact) mass is 480 g/mol. The topological polar surface area (TPSA) is 108 Å². The van der Waals surface area contributed by atoms with Gasteiger partial charge in [-0.1, -0.05) is 48.2 Å². The largest absolute Gasteiger partial charge is 0.454 e. The van der Waals surface area contributed by atoms with E-state index in [1.807, 2.05) is 60.8 Å². The van der Waals surface area contributed by atoms with Gasteiger partial charge in [0.1, 0.15) is 4.83 Å². The van der Waals surface area contributed by atoms with Crippen LogP contribution >= 0.6 is 23.1 Å². The Labute approximate surface area is 197 Å². The van der Waals surface area contributed by atoms with Crippen LogP contribution in [0.4, 0.5) is 0 Å². The molecule has 3 N–H and O–H groups in total. The molecule has 5 rings (SSSR count). The molecule has 168 valence electrons. The summed E-state index contributed by atoms with van der Waals surface area (Å²) in [4.78, 5) is 30.6. The van der Waals surface area contributed by atoms with Crippen molar-refractivity contribution in [2.75, 3.05) is 18.4 Å². The molecule has 0 saturated heterocycles. The zero-order chi connectivity index (χ0) is 22.9. The van der Waals surface area contributed by atoms with Gasteiger partial charge >= 0.3 is 0 Å². The van der Waals surface area contributed by atoms with Crippen LogP contribution < -0.4 is 26.2 Å². The zero-order valence-corrected chi connectivity index (χ0v) is 19.2. The summed E-state index contributed by atoms with van der Waals surface area (Å²) in [5, 5.41) is 5.63. The van der Waals surface area contributed by atoms with E-state index in [0.29, 0.717) is 26.9 Å². The van der Waals surface area contributed by atoms with Gasteiger partial charge in [-0.05, 0) is 30.2 Å². The lowest BCUT2D eigenvalue weighted by atomic mass is 10.1. The molecule has 3 heterocycles. The van der Waals surface area contributed by atoms with Crippen molar-refractivity contribution in [1.29, 1.82) is 0 Å². The summed E-state index contributed by atoms with van der Waals surface area (Å²) in [6.07, 6.45) is 0. The summed E-state index contributed by atoms with van der Waals surface area (Å²) in [5.74, 6) is 7.28. The Bertz CT molecular complexity index is 1400. The Morgan fingerprint density at radius 3 is 2.85 bits per heavy atom. The number of thioether (sulfide) groups is 1. The van der Waals surface area contributed by atoms with E-state index >= 15 is 0 Å². The van der Waals surface area contributed by atoms with Crippen molar-refractivity contribution in [3.05, 3.63) is 69.8 Å². The van der Waals surface area contributed by atoms with Crippen LogP contribution in [0.3, 0.4) is 0 Å². The van der Waals surface area contributed by atoms with E-state index in [0.717, 1.165) is 33.1 Å². The van der Waals surface area contributed by atoms with Crippen LogP contribution in [0.1, 0.15) is 18.5 Å². The molecule has 1 atom stereocenters. The van der Waals surface area contributed by atoms with Crippen LogP contribution in [0.5, 0.6) is 11.5 Å². The summed E-state index contributed by atoms with van der Waals surface area (Å²) in [6, 6.07) is 15.0. The molecule has 0 aliphatic carbocycles. The molecule has 1 amide bonds. The maximum Gasteiger partial charge on any atom is 0.282 e. The van der Waals surface area contributed by atoms with Gasteiger partial charge in [-0.15, -0.1) is 11.3 Å². The fourth-order valence-corrected chi connectivity index (χ4v) is 5.31. The summed E-state index contributed by atoms with van der Waals surface area (Å²) >= 11 is 2.51. The molecular weight excluding hydrogens is 460 g/mol. The number of nitrogens with two attached hydrogens (primary N) is 1. The molecule has 1 unspecified atom stereocenters. The highest BCUT2D eigenvalue weighted by Crippen LogP contribution is 2.34. The number of benzene rings is 2. The maximum atomic E-state index is 13.0. The number of hydrogen-bond donors (Lipinski definition) is 2. The Kier molecular flexibility index (Phi) is 5.69. The van der Waals surface area contributed by atoms with Gasteiger partial charge in [0.05, 0.1) is 17.2 Å². The molecule has 10 heteroatoms. The van der Waals surface area contributed by atoms with Gasteiger partial charge in [-0.2, -0.15) is 0 Å². The first-order valence-corrected chi connectivity index (χ1v) is 12.0. The Morgan fingerprint density at radius 1 is 1.24 bits per heavy atom. The third-order valence-electron chi connectivity index (χ3n) is 5.30. The third kappa shape index (κ3) is 4.14. The van der Waals surface area contributed by atoms with Crippen LogP contribution in [-0.4, -0.2) is 28.1 Å². The number of carbonyl (C=O) groups excluding carboxylic acids is 1. The highest BCUT2D eigenvalue weighted by molar-refractivity contribution is 7.99. The van der Waals surface area contributed by atoms with Crippen molar-refractivity contribution in [3.63, 3.8) is 0 Å². The smallest absolute Gasteiger partial charge is 0.282 e. The quantitative estimate of drug-likeness (QED) is 0.247. The summed E-state index contributed by atoms with van der Waals surface area (Å²) < 4.78 is 11.7. The summed E-state index contributed by atoms with van der Waals surface area (Å²) in [6.45, 7) is 2.09. The molecule has 2 aromatic carbocycles. The van der Waals surface area contributed by atoms with Gasteiger partial charge in [0.2, 0.25) is 12.7 Å². The lowest BCUT2D eigenvalue weighted by molar-refractivity contribution is -0.119. The van der Waals surface area contributed by atoms with Gasteiger partial charge in [0.15, 0.2) is 16.7 Å². The minimum absolute atomic E-state index is 0.0704. The first-order chi connectivity index (χ1) is 16.0. The normalized spacial score (nSPS) is 13.2. The fraction of sp³-hybridized carbons (Fsp3) is 0.174. The second-order valence-electron chi connectivity index (χ2n) is 7.46. The van der Waals surface area contributed by atoms with Gasteiger partial charge < -0.3 is 20.6 Å². The lowest BCUT2D eigenvalue weighted by Crippen LogP contribution is -2.31. The van der Waals surface area contributed by atoms with E-state index < -0.39 is 0 Å². The van der Waals surface area contributed by atoms with Crippen molar-refractivity contribution in [1.82, 2.24) is 15.0 Å². The maximum absolute atomic E-state index is 13.0. The second-order valence-corrected chi connectivity index (χ2v) is 9.26. The number of rotatable bonds is 6. The molecule has 0 saturated carbocycles. The molecule has 1 aliphatic rings. The predicted octanol–water partition coefficient (Wildman–Crippen LogP) is 3.54. The molecule has 2 aromatic heterocycles. The molecule has 0 fully saturated rings. The van der Waals surface area contributed by atoms with E-state index in [1.54, 1.807) is 0 Å². The van der Waals surface area contributed by atoms with Crippen molar-refractivity contribution < 1.29 is 14.3 Å². The lowest BCUT2D eigenvalue weighted by Gasteiger charge is -2.15. The summed E-state index contributed by atoms with van der Waals surface area (Å²) in [5.41, 5.74) is 2.30. The Morgan fingerprint density at radius 2 is 2.03 bits per heavy atom. The van der Waals surface area contributed by atoms with Crippen LogP contribution in [-0.2, 0) is 4.79 Å². The van der Waals surface area contributed by atoms with Crippen molar-refractivity contribution >= 4 is 39.2 Å². The highest BCUT2D eigenvalue weighted by atomic mass is 32.2. The standard InChI is InChI=1S/C23H20N4O4S2/c1-13(15-7-8-17-18(9-15)31-12-30-17)25-19(28)11-33-23-26-21-20(22(29)27(23)24)16(10-32-21)14-5-3-2-4-6-14/h2-10,13H,11-12,24H2,1H3,(H,25,28). The van der Waals surface area contributed by atoms with Gasteiger partial charge in [0, 0.05) is 10.9 Å². The number of hydrogen-bond acceptors (Lipinski definition) is 8. The van der Waals surface area contributed by atoms with E-state index in [1.165, 1.54) is 11.3 Å². The number of ether oxygens (including phenoxy) is 2. The first-order valence-electron chi connectivity index (χ1n) is 10.2. The van der Waals surface area contributed by atoms with Gasteiger partial charge in [-0.3, -0.25) is 9.59 Å². The second kappa shape index (κ2) is 8.80. The molecule has 0 radical (unpaired) electrons. The number of aromatic nitrogens is 2. The SMILES string of the molecule is CC(NC(=O)CSc1nc2scc(-c3ccccc3)c2c(=O)n1N)c1ccc2c(c1)OCO2. The van der Waals surface area contributed by atoms with E-state index in [-0.39, 0.29) is 30.1 Å². The van der Waals surface area contributed by atoms with E-state index in [9.17, 15) is 9.59 Å². The zero-order valence-electron chi connectivity index (χ0n) is 17.6. The number of fused-ring (bicyclic) bond motifs is 2. The molecule has 0 bridgehead atoms. The fourth-order valence-electron chi connectivity index (χ4n) is 3.60. The molecular formula is C23H20N4O4S2. The summed E-state index contributed by atoms with van der Waals surface area (Å²) in [7, 11) is 0. The van der Waals surface area contributed by atoms with Gasteiger partial charge in [-0.25, -0.2) is 9.66 Å². The van der Waals surface area contributed by atoms with Crippen LogP contribution in [0.15, 0.2) is 63.9 Å². The van der Waals surface area contributed by atoms with Crippen molar-refractivity contribution in [2.45, 2.75) is 18.1 Å². The van der Waals surface area contributed by atoms with Crippen LogP contribution in [0.2, 0.25) is 0 Å². The number of nitrogens with zero attached hydrogens (tertiary/aromatic N) is 2. The average molecular weight is 481 g/mol. The van der Waals surface area contributed by atoms with Crippen molar-refractivity contribution in [2.24, 2.45) is 0 Å². The predicted molar refractivity (Wildman–Crippen MR) is 129 cm³/mol. The minimum Gasteiger partial charge on any atom is -0.454 e.